The first kappa shape index (κ1) is 32.2. The van der Waals surface area contributed by atoms with Gasteiger partial charge in [0.2, 0.25) is 0 Å². The molecule has 0 saturated carbocycles. The van der Waals surface area contributed by atoms with Crippen molar-refractivity contribution in [1.29, 1.82) is 0 Å². The van der Waals surface area contributed by atoms with Crippen molar-refractivity contribution < 1.29 is 19.3 Å². The Morgan fingerprint density at radius 1 is 1.00 bits per heavy atom. The topological polar surface area (TPSA) is 108 Å². The van der Waals surface area contributed by atoms with E-state index in [4.69, 9.17) is 19.9 Å². The number of aryl methyl sites for hydroxylation is 1. The van der Waals surface area contributed by atoms with Crippen molar-refractivity contribution in [3.63, 3.8) is 0 Å². The van der Waals surface area contributed by atoms with E-state index in [0.29, 0.717) is 17.7 Å². The smallest absolute Gasteiger partial charge is 0.143 e. The van der Waals surface area contributed by atoms with Gasteiger partial charge in [-0.25, -0.2) is 0 Å². The van der Waals surface area contributed by atoms with Crippen LogP contribution in [0.2, 0.25) is 0 Å². The minimum Gasteiger partial charge on any atom is -0.497 e. The molecule has 4 unspecified atom stereocenters. The van der Waals surface area contributed by atoms with Crippen LogP contribution in [0.3, 0.4) is 0 Å². The molecule has 0 radical (unpaired) electrons. The summed E-state index contributed by atoms with van der Waals surface area (Å²) in [5.41, 5.74) is 10.6. The van der Waals surface area contributed by atoms with E-state index in [1.165, 1.54) is 5.56 Å². The third-order valence-electron chi connectivity index (χ3n) is 8.80. The maximum Gasteiger partial charge on any atom is 0.143 e. The highest BCUT2D eigenvalue weighted by Gasteiger charge is 2.42. The SMILES string of the molecule is CCCc1ccc(C(OCC2OC(n3cc(C#CCN)c4cc(N=O)ccc43)CC2O)(c2ccccc2)c2ccc(OC)cc2)cc1. The predicted octanol–water partition coefficient (Wildman–Crippen LogP) is 6.97. The second-order valence-corrected chi connectivity index (χ2v) is 11.7. The van der Waals surface area contributed by atoms with Crippen molar-refractivity contribution in [1.82, 2.24) is 4.57 Å². The van der Waals surface area contributed by atoms with Gasteiger partial charge in [0.05, 0.1) is 37.4 Å². The molecule has 4 atom stereocenters. The maximum absolute atomic E-state index is 11.4. The molecule has 1 aliphatic heterocycles. The molecule has 1 aromatic heterocycles. The summed E-state index contributed by atoms with van der Waals surface area (Å²) in [6.07, 6.45) is 2.39. The second-order valence-electron chi connectivity index (χ2n) is 11.7. The quantitative estimate of drug-likeness (QED) is 0.0929. The van der Waals surface area contributed by atoms with Crippen LogP contribution in [0.4, 0.5) is 5.69 Å². The zero-order valence-corrected chi connectivity index (χ0v) is 26.6. The fraction of sp³-hybridized carbons (Fsp3) is 0.282. The summed E-state index contributed by atoms with van der Waals surface area (Å²) in [6, 6.07) is 31.8. The van der Waals surface area contributed by atoms with Crippen LogP contribution < -0.4 is 10.5 Å². The number of methoxy groups -OCH3 is 1. The Labute approximate surface area is 275 Å². The zero-order chi connectivity index (χ0) is 32.8. The van der Waals surface area contributed by atoms with Crippen LogP contribution in [-0.4, -0.2) is 42.1 Å². The van der Waals surface area contributed by atoms with Gasteiger partial charge in [-0.05, 0) is 64.2 Å². The largest absolute Gasteiger partial charge is 0.497 e. The third-order valence-corrected chi connectivity index (χ3v) is 8.80. The Balaban J connectivity index is 1.36. The molecule has 6 rings (SSSR count). The van der Waals surface area contributed by atoms with E-state index in [1.54, 1.807) is 19.2 Å². The fourth-order valence-electron chi connectivity index (χ4n) is 6.47. The Morgan fingerprint density at radius 3 is 2.36 bits per heavy atom. The molecule has 4 aromatic carbocycles. The average Bonchev–Trinajstić information content (AvgIpc) is 3.68. The van der Waals surface area contributed by atoms with Gasteiger partial charge in [-0.15, -0.1) is 4.91 Å². The minimum absolute atomic E-state index is 0.119. The van der Waals surface area contributed by atoms with E-state index in [1.807, 2.05) is 59.3 Å². The number of hydrogen-bond acceptors (Lipinski definition) is 7. The number of ether oxygens (including phenoxy) is 3. The van der Waals surface area contributed by atoms with Gasteiger partial charge < -0.3 is 29.6 Å². The molecule has 0 amide bonds. The molecular formula is C39H39N3O5. The van der Waals surface area contributed by atoms with Crippen molar-refractivity contribution in [2.75, 3.05) is 20.3 Å². The molecule has 8 nitrogen and oxygen atoms in total. The lowest BCUT2D eigenvalue weighted by atomic mass is 9.79. The number of nitrogens with two attached hydrogens (primary N) is 1. The molecule has 240 valence electrons. The zero-order valence-electron chi connectivity index (χ0n) is 26.6. The standard InChI is InChI=1S/C39H39N3O5/c1-3-8-27-12-14-30(15-13-27)39(29-10-5-4-6-11-29,31-16-19-33(45-2)20-17-31)46-26-37-36(43)24-38(47-37)42-25-28(9-7-22-40)34-23-32(41-44)18-21-35(34)42/h4-6,10-21,23,25,36-38,43H,3,8,22,24,26,40H2,1-2H3. The molecule has 3 N–H and O–H groups in total. The number of nitroso groups, excluding NO2 is 1. The van der Waals surface area contributed by atoms with Gasteiger partial charge in [0.15, 0.2) is 0 Å². The fourth-order valence-corrected chi connectivity index (χ4v) is 6.47. The molecule has 0 bridgehead atoms. The van der Waals surface area contributed by atoms with E-state index in [0.717, 1.165) is 46.2 Å². The predicted molar refractivity (Wildman–Crippen MR) is 184 cm³/mol. The highest BCUT2D eigenvalue weighted by atomic mass is 16.6. The molecule has 0 spiro atoms. The van der Waals surface area contributed by atoms with E-state index < -0.39 is 24.0 Å². The van der Waals surface area contributed by atoms with E-state index in [9.17, 15) is 10.0 Å². The molecule has 2 heterocycles. The summed E-state index contributed by atoms with van der Waals surface area (Å²) in [5.74, 6) is 6.73. The Kier molecular flexibility index (Phi) is 9.81. The summed E-state index contributed by atoms with van der Waals surface area (Å²) in [6.45, 7) is 2.50. The summed E-state index contributed by atoms with van der Waals surface area (Å²) in [4.78, 5) is 11.3. The molecule has 1 aliphatic rings. The number of rotatable bonds is 11. The lowest BCUT2D eigenvalue weighted by molar-refractivity contribution is -0.0929. The van der Waals surface area contributed by atoms with Crippen molar-refractivity contribution in [2.45, 2.75) is 50.2 Å². The van der Waals surface area contributed by atoms with Crippen LogP contribution in [-0.2, 0) is 21.5 Å². The minimum atomic E-state index is -0.997. The van der Waals surface area contributed by atoms with Gasteiger partial charge >= 0.3 is 0 Å². The van der Waals surface area contributed by atoms with E-state index in [-0.39, 0.29) is 13.2 Å². The number of benzene rings is 4. The summed E-state index contributed by atoms with van der Waals surface area (Å²) >= 11 is 0. The number of nitrogens with zero attached hydrogens (tertiary/aromatic N) is 2. The molecule has 47 heavy (non-hydrogen) atoms. The van der Waals surface area contributed by atoms with Crippen molar-refractivity contribution in [2.24, 2.45) is 10.9 Å². The normalized spacial score (nSPS) is 18.8. The summed E-state index contributed by atoms with van der Waals surface area (Å²) in [5, 5.41) is 15.2. The average molecular weight is 630 g/mol. The van der Waals surface area contributed by atoms with E-state index >= 15 is 0 Å². The number of aliphatic hydroxyl groups is 1. The van der Waals surface area contributed by atoms with Gasteiger partial charge in [-0.3, -0.25) is 0 Å². The van der Waals surface area contributed by atoms with Gasteiger partial charge in [0.1, 0.15) is 29.4 Å². The third kappa shape index (κ3) is 6.44. The van der Waals surface area contributed by atoms with Crippen LogP contribution in [0.15, 0.2) is 108 Å². The van der Waals surface area contributed by atoms with Gasteiger partial charge in [0, 0.05) is 18.0 Å². The Hall–Kier alpha value is -4.78. The summed E-state index contributed by atoms with van der Waals surface area (Å²) in [7, 11) is 1.65. The van der Waals surface area contributed by atoms with Gasteiger partial charge in [-0.2, -0.15) is 0 Å². The van der Waals surface area contributed by atoms with Crippen LogP contribution in [0.25, 0.3) is 10.9 Å². The highest BCUT2D eigenvalue weighted by molar-refractivity contribution is 5.89. The highest BCUT2D eigenvalue weighted by Crippen LogP contribution is 2.43. The lowest BCUT2D eigenvalue weighted by Crippen LogP contribution is -2.38. The number of aliphatic hydroxyl groups excluding tert-OH is 1. The monoisotopic (exact) mass is 629 g/mol. The summed E-state index contributed by atoms with van der Waals surface area (Å²) < 4.78 is 21.0. The van der Waals surface area contributed by atoms with Crippen molar-refractivity contribution in [3.8, 4) is 17.6 Å². The van der Waals surface area contributed by atoms with Crippen LogP contribution in [0.1, 0.15) is 53.8 Å². The number of fused-ring (bicyclic) bond motifs is 1. The lowest BCUT2D eigenvalue weighted by Gasteiger charge is -2.37. The Bertz CT molecular complexity index is 1880. The molecular weight excluding hydrogens is 590 g/mol. The van der Waals surface area contributed by atoms with Crippen molar-refractivity contribution in [3.05, 3.63) is 136 Å². The van der Waals surface area contributed by atoms with Crippen LogP contribution in [0.5, 0.6) is 5.75 Å². The number of hydrogen-bond donors (Lipinski definition) is 2. The first-order valence-electron chi connectivity index (χ1n) is 15.9. The van der Waals surface area contributed by atoms with E-state index in [2.05, 4.69) is 60.3 Å². The molecule has 0 aliphatic carbocycles. The second kappa shape index (κ2) is 14.3. The van der Waals surface area contributed by atoms with Gasteiger partial charge in [0.25, 0.3) is 0 Å². The van der Waals surface area contributed by atoms with Gasteiger partial charge in [-0.1, -0.05) is 91.9 Å². The van der Waals surface area contributed by atoms with Crippen LogP contribution in [0, 0.1) is 16.7 Å². The first-order valence-corrected chi connectivity index (χ1v) is 15.9. The Morgan fingerprint density at radius 2 is 1.70 bits per heavy atom. The molecule has 1 saturated heterocycles. The molecule has 8 heteroatoms. The van der Waals surface area contributed by atoms with Crippen molar-refractivity contribution >= 4 is 16.6 Å². The molecule has 1 fully saturated rings. The number of aromatic nitrogens is 1. The van der Waals surface area contributed by atoms with Crippen LogP contribution >= 0.6 is 0 Å². The molecule has 5 aromatic rings. The maximum atomic E-state index is 11.4. The first-order chi connectivity index (χ1) is 23.0.